The van der Waals surface area contributed by atoms with Gasteiger partial charge in [-0.25, -0.2) is 14.4 Å². The Labute approximate surface area is 132 Å². The van der Waals surface area contributed by atoms with E-state index in [0.29, 0.717) is 0 Å². The van der Waals surface area contributed by atoms with Crippen LogP contribution in [0.4, 0.5) is 0 Å². The second-order valence-corrected chi connectivity index (χ2v) is 5.37. The lowest BCUT2D eigenvalue weighted by Crippen LogP contribution is -2.04. The molecule has 0 radical (unpaired) electrons. The van der Waals surface area contributed by atoms with Crippen molar-refractivity contribution in [1.82, 2.24) is 0 Å². The quantitative estimate of drug-likeness (QED) is 0.692. The molecule has 1 aliphatic heterocycles. The van der Waals surface area contributed by atoms with Gasteiger partial charge in [-0.05, 0) is 41.8 Å². The molecule has 23 heavy (non-hydrogen) atoms. The Morgan fingerprint density at radius 1 is 1.04 bits per heavy atom. The number of carbonyl (C=O) groups is 3. The van der Waals surface area contributed by atoms with Gasteiger partial charge in [-0.15, -0.1) is 0 Å². The zero-order valence-electron chi connectivity index (χ0n) is 12.4. The first-order valence-corrected chi connectivity index (χ1v) is 7.25. The predicted molar refractivity (Wildman–Crippen MR) is 81.7 cm³/mol. The molecule has 0 saturated carbocycles. The standard InChI is InChI=1S/C18H14O5/c1-2-13(10-4-3-5-12(8-10)16(19)20)11-6-7-14-15(9-11)18(22)23-17(14)21/h3-9,13H,2H2,1H3,(H,19,20). The fourth-order valence-corrected chi connectivity index (χ4v) is 2.87. The van der Waals surface area contributed by atoms with Gasteiger partial charge < -0.3 is 9.84 Å². The summed E-state index contributed by atoms with van der Waals surface area (Å²) < 4.78 is 4.60. The number of ether oxygens (including phenoxy) is 1. The lowest BCUT2D eigenvalue weighted by atomic mass is 9.87. The maximum atomic E-state index is 11.7. The Morgan fingerprint density at radius 2 is 1.74 bits per heavy atom. The van der Waals surface area contributed by atoms with Gasteiger partial charge in [0, 0.05) is 5.92 Å². The second kappa shape index (κ2) is 5.68. The average molecular weight is 310 g/mol. The van der Waals surface area contributed by atoms with Crippen molar-refractivity contribution < 1.29 is 24.2 Å². The van der Waals surface area contributed by atoms with Gasteiger partial charge >= 0.3 is 17.9 Å². The van der Waals surface area contributed by atoms with Crippen LogP contribution < -0.4 is 0 Å². The number of hydrogen-bond acceptors (Lipinski definition) is 4. The van der Waals surface area contributed by atoms with E-state index in [1.807, 2.05) is 13.0 Å². The third kappa shape index (κ3) is 2.61. The van der Waals surface area contributed by atoms with E-state index >= 15 is 0 Å². The van der Waals surface area contributed by atoms with E-state index in [9.17, 15) is 14.4 Å². The number of carboxylic acids is 1. The molecule has 0 bridgehead atoms. The summed E-state index contributed by atoms with van der Waals surface area (Å²) in [5.74, 6) is -2.31. The monoisotopic (exact) mass is 310 g/mol. The molecule has 0 amide bonds. The molecule has 0 spiro atoms. The van der Waals surface area contributed by atoms with Gasteiger partial charge in [0.05, 0.1) is 16.7 Å². The number of esters is 2. The fourth-order valence-electron chi connectivity index (χ4n) is 2.87. The maximum absolute atomic E-state index is 11.7. The highest BCUT2D eigenvalue weighted by Gasteiger charge is 2.30. The minimum atomic E-state index is -0.982. The first-order valence-electron chi connectivity index (χ1n) is 7.25. The van der Waals surface area contributed by atoms with Crippen molar-refractivity contribution in [2.75, 3.05) is 0 Å². The molecule has 1 aliphatic rings. The number of benzene rings is 2. The van der Waals surface area contributed by atoms with E-state index in [4.69, 9.17) is 5.11 Å². The third-order valence-corrected chi connectivity index (χ3v) is 4.02. The summed E-state index contributed by atoms with van der Waals surface area (Å²) in [5.41, 5.74) is 2.45. The van der Waals surface area contributed by atoms with Crippen LogP contribution >= 0.6 is 0 Å². The molecule has 0 saturated heterocycles. The summed E-state index contributed by atoms with van der Waals surface area (Å²) in [7, 11) is 0. The van der Waals surface area contributed by atoms with Crippen molar-refractivity contribution in [3.63, 3.8) is 0 Å². The van der Waals surface area contributed by atoms with Crippen molar-refractivity contribution in [3.05, 3.63) is 70.3 Å². The molecule has 2 aromatic carbocycles. The largest absolute Gasteiger partial charge is 0.478 e. The van der Waals surface area contributed by atoms with Crippen LogP contribution in [0.1, 0.15) is 61.5 Å². The van der Waals surface area contributed by atoms with E-state index in [-0.39, 0.29) is 22.6 Å². The van der Waals surface area contributed by atoms with Gasteiger partial charge in [0.1, 0.15) is 0 Å². The maximum Gasteiger partial charge on any atom is 0.346 e. The van der Waals surface area contributed by atoms with Gasteiger partial charge in [-0.3, -0.25) is 0 Å². The van der Waals surface area contributed by atoms with Gasteiger partial charge in [0.2, 0.25) is 0 Å². The first kappa shape index (κ1) is 15.0. The molecule has 5 heteroatoms. The van der Waals surface area contributed by atoms with E-state index in [0.717, 1.165) is 17.5 Å². The van der Waals surface area contributed by atoms with Crippen LogP contribution in [0.25, 0.3) is 0 Å². The predicted octanol–water partition coefficient (Wildman–Crippen LogP) is 3.24. The molecule has 1 N–H and O–H groups in total. The van der Waals surface area contributed by atoms with Crippen molar-refractivity contribution in [3.8, 4) is 0 Å². The lowest BCUT2D eigenvalue weighted by molar-refractivity contribution is 0.0443. The van der Waals surface area contributed by atoms with Crippen molar-refractivity contribution >= 4 is 17.9 Å². The smallest absolute Gasteiger partial charge is 0.346 e. The van der Waals surface area contributed by atoms with Gasteiger partial charge in [0.15, 0.2) is 0 Å². The lowest BCUT2D eigenvalue weighted by Gasteiger charge is -2.17. The minimum absolute atomic E-state index is 0.0666. The Kier molecular flexibility index (Phi) is 3.70. The van der Waals surface area contributed by atoms with E-state index in [2.05, 4.69) is 4.74 Å². The molecule has 5 nitrogen and oxygen atoms in total. The molecule has 0 fully saturated rings. The van der Waals surface area contributed by atoms with Crippen LogP contribution in [0.15, 0.2) is 42.5 Å². The zero-order chi connectivity index (χ0) is 16.6. The van der Waals surface area contributed by atoms with Crippen LogP contribution in [-0.4, -0.2) is 23.0 Å². The van der Waals surface area contributed by atoms with Crippen molar-refractivity contribution in [2.24, 2.45) is 0 Å². The third-order valence-electron chi connectivity index (χ3n) is 4.02. The molecule has 1 atom stereocenters. The van der Waals surface area contributed by atoms with Gasteiger partial charge in [0.25, 0.3) is 0 Å². The highest BCUT2D eigenvalue weighted by Crippen LogP contribution is 2.31. The Balaban J connectivity index is 2.04. The number of carbonyl (C=O) groups excluding carboxylic acids is 2. The molecule has 3 rings (SSSR count). The van der Waals surface area contributed by atoms with Crippen molar-refractivity contribution in [1.29, 1.82) is 0 Å². The molecule has 0 aromatic heterocycles. The molecular formula is C18H14O5. The number of fused-ring (bicyclic) bond motifs is 1. The first-order chi connectivity index (χ1) is 11.0. The number of hydrogen-bond donors (Lipinski definition) is 1. The number of rotatable bonds is 4. The zero-order valence-corrected chi connectivity index (χ0v) is 12.4. The topological polar surface area (TPSA) is 80.7 Å². The van der Waals surface area contributed by atoms with Gasteiger partial charge in [-0.2, -0.15) is 0 Å². The molecule has 2 aromatic rings. The van der Waals surface area contributed by atoms with E-state index in [1.165, 1.54) is 6.07 Å². The highest BCUT2D eigenvalue weighted by molar-refractivity contribution is 6.14. The molecule has 1 unspecified atom stereocenters. The average Bonchev–Trinajstić information content (AvgIpc) is 2.83. The molecular weight excluding hydrogens is 296 g/mol. The SMILES string of the molecule is CCC(c1cccc(C(=O)O)c1)c1ccc2c(c1)C(=O)OC2=O. The summed E-state index contributed by atoms with van der Waals surface area (Å²) in [5, 5.41) is 9.13. The summed E-state index contributed by atoms with van der Waals surface area (Å²) in [6, 6.07) is 11.8. The van der Waals surface area contributed by atoms with Crippen LogP contribution in [-0.2, 0) is 4.74 Å². The summed E-state index contributed by atoms with van der Waals surface area (Å²) in [6.07, 6.45) is 0.727. The Morgan fingerprint density at radius 3 is 2.43 bits per heavy atom. The Hall–Kier alpha value is -2.95. The molecule has 116 valence electrons. The molecule has 0 aliphatic carbocycles. The number of aromatic carboxylic acids is 1. The van der Waals surface area contributed by atoms with Gasteiger partial charge in [-0.1, -0.05) is 25.1 Å². The second-order valence-electron chi connectivity index (χ2n) is 5.37. The van der Waals surface area contributed by atoms with Crippen LogP contribution in [0.3, 0.4) is 0 Å². The normalized spacial score (nSPS) is 14.3. The van der Waals surface area contributed by atoms with Crippen LogP contribution in [0, 0.1) is 0 Å². The summed E-state index contributed by atoms with van der Waals surface area (Å²) in [4.78, 5) is 34.3. The van der Waals surface area contributed by atoms with Crippen molar-refractivity contribution in [2.45, 2.75) is 19.3 Å². The summed E-state index contributed by atoms with van der Waals surface area (Å²) >= 11 is 0. The summed E-state index contributed by atoms with van der Waals surface area (Å²) in [6.45, 7) is 1.98. The van der Waals surface area contributed by atoms with Crippen LogP contribution in [0.2, 0.25) is 0 Å². The number of cyclic esters (lactones) is 2. The van der Waals surface area contributed by atoms with E-state index < -0.39 is 17.9 Å². The number of carboxylic acid groups (broad SMARTS) is 1. The fraction of sp³-hybridized carbons (Fsp3) is 0.167. The molecule has 1 heterocycles. The van der Waals surface area contributed by atoms with Crippen LogP contribution in [0.5, 0.6) is 0 Å². The highest BCUT2D eigenvalue weighted by atomic mass is 16.6. The van der Waals surface area contributed by atoms with E-state index in [1.54, 1.807) is 30.3 Å². The Bertz CT molecular complexity index is 822. The minimum Gasteiger partial charge on any atom is -0.478 e.